The third-order valence-electron chi connectivity index (χ3n) is 3.56. The van der Waals surface area contributed by atoms with Gasteiger partial charge in [-0.15, -0.1) is 11.3 Å². The molecule has 21 heavy (non-hydrogen) atoms. The molecule has 4 heteroatoms. The van der Waals surface area contributed by atoms with E-state index in [1.54, 1.807) is 11.3 Å². The molecular formula is C17H19NO2S. The Labute approximate surface area is 129 Å². The summed E-state index contributed by atoms with van der Waals surface area (Å²) in [6, 6.07) is 12.3. The second-order valence-corrected chi connectivity index (χ2v) is 6.58. The number of hydrogen-bond donors (Lipinski definition) is 0. The first-order valence-corrected chi connectivity index (χ1v) is 7.95. The summed E-state index contributed by atoms with van der Waals surface area (Å²) in [4.78, 5) is 6.86. The van der Waals surface area contributed by atoms with Gasteiger partial charge in [-0.1, -0.05) is 35.5 Å². The van der Waals surface area contributed by atoms with E-state index in [0.717, 1.165) is 12.1 Å². The van der Waals surface area contributed by atoms with E-state index in [9.17, 15) is 0 Å². The van der Waals surface area contributed by atoms with Gasteiger partial charge in [-0.3, -0.25) is 0 Å². The van der Waals surface area contributed by atoms with E-state index in [4.69, 9.17) is 9.57 Å². The molecule has 0 saturated heterocycles. The van der Waals surface area contributed by atoms with Crippen LogP contribution in [0.1, 0.15) is 29.3 Å². The number of aryl methyl sites for hydroxylation is 1. The Bertz CT molecular complexity index is 635. The summed E-state index contributed by atoms with van der Waals surface area (Å²) >= 11 is 1.72. The Balaban J connectivity index is 1.54. The minimum Gasteiger partial charge on any atom is -0.386 e. The molecule has 3 rings (SSSR count). The van der Waals surface area contributed by atoms with Crippen molar-refractivity contribution < 1.29 is 9.57 Å². The van der Waals surface area contributed by atoms with Crippen molar-refractivity contribution in [3.8, 4) is 0 Å². The Hall–Kier alpha value is -1.65. The molecule has 0 bridgehead atoms. The van der Waals surface area contributed by atoms with Crippen molar-refractivity contribution in [3.05, 3.63) is 57.8 Å². The van der Waals surface area contributed by atoms with Gasteiger partial charge in [0.15, 0.2) is 5.60 Å². The lowest BCUT2D eigenvalue weighted by molar-refractivity contribution is -0.0709. The Kier molecular flexibility index (Phi) is 4.08. The number of rotatable bonds is 5. The molecule has 2 heterocycles. The summed E-state index contributed by atoms with van der Waals surface area (Å²) in [6.45, 7) is 5.31. The van der Waals surface area contributed by atoms with Crippen molar-refractivity contribution in [2.45, 2.75) is 32.5 Å². The van der Waals surface area contributed by atoms with Gasteiger partial charge in [-0.25, -0.2) is 0 Å². The van der Waals surface area contributed by atoms with Crippen molar-refractivity contribution in [2.24, 2.45) is 5.16 Å². The van der Waals surface area contributed by atoms with Gasteiger partial charge in [0.2, 0.25) is 0 Å². The number of thiophene rings is 1. The average Bonchev–Trinajstić information content (AvgIpc) is 3.06. The van der Waals surface area contributed by atoms with Crippen LogP contribution < -0.4 is 0 Å². The molecule has 3 nitrogen and oxygen atoms in total. The van der Waals surface area contributed by atoms with Gasteiger partial charge in [0.25, 0.3) is 0 Å². The minimum atomic E-state index is -0.361. The van der Waals surface area contributed by atoms with Crippen LogP contribution in [0.15, 0.2) is 46.9 Å². The van der Waals surface area contributed by atoms with E-state index in [1.807, 2.05) is 18.2 Å². The fraction of sp³-hybridized carbons (Fsp3) is 0.353. The average molecular weight is 301 g/mol. The predicted molar refractivity (Wildman–Crippen MR) is 85.8 cm³/mol. The molecule has 0 aliphatic carbocycles. The van der Waals surface area contributed by atoms with E-state index in [1.165, 1.54) is 16.0 Å². The molecule has 1 unspecified atom stereocenters. The standard InChI is InChI=1S/C17H19NO2S/c1-13-8-9-21-16(13)15-10-17(2,20-18-15)12-19-11-14-6-4-3-5-7-14/h3-9H,10-12H2,1-2H3. The minimum absolute atomic E-state index is 0.361. The zero-order chi connectivity index (χ0) is 14.7. The highest BCUT2D eigenvalue weighted by Crippen LogP contribution is 2.30. The van der Waals surface area contributed by atoms with E-state index >= 15 is 0 Å². The van der Waals surface area contributed by atoms with Crippen LogP contribution in [0, 0.1) is 6.92 Å². The summed E-state index contributed by atoms with van der Waals surface area (Å²) in [5.74, 6) is 0. The highest BCUT2D eigenvalue weighted by atomic mass is 32.1. The molecule has 0 radical (unpaired) electrons. The molecule has 110 valence electrons. The zero-order valence-corrected chi connectivity index (χ0v) is 13.2. The lowest BCUT2D eigenvalue weighted by atomic mass is 9.99. The van der Waals surface area contributed by atoms with Gasteiger partial charge >= 0.3 is 0 Å². The monoisotopic (exact) mass is 301 g/mol. The van der Waals surface area contributed by atoms with Crippen LogP contribution in [0.25, 0.3) is 0 Å². The number of benzene rings is 1. The summed E-state index contributed by atoms with van der Waals surface area (Å²) < 4.78 is 5.81. The highest BCUT2D eigenvalue weighted by Gasteiger charge is 2.36. The zero-order valence-electron chi connectivity index (χ0n) is 12.3. The van der Waals surface area contributed by atoms with E-state index < -0.39 is 0 Å². The quantitative estimate of drug-likeness (QED) is 0.830. The summed E-state index contributed by atoms with van der Waals surface area (Å²) in [6.07, 6.45) is 0.795. The van der Waals surface area contributed by atoms with Crippen LogP contribution in [0.2, 0.25) is 0 Å². The third kappa shape index (κ3) is 3.34. The number of ether oxygens (including phenoxy) is 1. The van der Waals surface area contributed by atoms with E-state index in [-0.39, 0.29) is 5.60 Å². The van der Waals surface area contributed by atoms with Gasteiger partial charge in [0, 0.05) is 6.42 Å². The van der Waals surface area contributed by atoms with Gasteiger partial charge in [-0.05, 0) is 36.4 Å². The van der Waals surface area contributed by atoms with Gasteiger partial charge in [0.1, 0.15) is 5.71 Å². The second-order valence-electron chi connectivity index (χ2n) is 5.67. The fourth-order valence-corrected chi connectivity index (χ4v) is 3.32. The van der Waals surface area contributed by atoms with Crippen LogP contribution in [0.5, 0.6) is 0 Å². The number of oxime groups is 1. The van der Waals surface area contributed by atoms with Crippen molar-refractivity contribution in [3.63, 3.8) is 0 Å². The summed E-state index contributed by atoms with van der Waals surface area (Å²) in [7, 11) is 0. The molecule has 0 spiro atoms. The van der Waals surface area contributed by atoms with Crippen molar-refractivity contribution in [1.82, 2.24) is 0 Å². The lowest BCUT2D eigenvalue weighted by Gasteiger charge is -2.21. The van der Waals surface area contributed by atoms with Gasteiger partial charge in [0.05, 0.1) is 18.1 Å². The van der Waals surface area contributed by atoms with Crippen molar-refractivity contribution in [1.29, 1.82) is 0 Å². The summed E-state index contributed by atoms with van der Waals surface area (Å²) in [5, 5.41) is 6.36. The number of hydrogen-bond acceptors (Lipinski definition) is 4. The Morgan fingerprint density at radius 2 is 2.10 bits per heavy atom. The topological polar surface area (TPSA) is 30.8 Å². The van der Waals surface area contributed by atoms with Crippen LogP contribution in [-0.2, 0) is 16.2 Å². The van der Waals surface area contributed by atoms with Crippen LogP contribution in [0.4, 0.5) is 0 Å². The first-order chi connectivity index (χ1) is 10.2. The smallest absolute Gasteiger partial charge is 0.163 e. The lowest BCUT2D eigenvalue weighted by Crippen LogP contribution is -2.31. The van der Waals surface area contributed by atoms with Crippen LogP contribution >= 0.6 is 11.3 Å². The maximum Gasteiger partial charge on any atom is 0.163 e. The van der Waals surface area contributed by atoms with Crippen molar-refractivity contribution in [2.75, 3.05) is 6.61 Å². The molecule has 1 aromatic carbocycles. The predicted octanol–water partition coefficient (Wildman–Crippen LogP) is 4.16. The maximum absolute atomic E-state index is 5.81. The molecule has 0 saturated carbocycles. The van der Waals surface area contributed by atoms with E-state index in [0.29, 0.717) is 13.2 Å². The largest absolute Gasteiger partial charge is 0.386 e. The van der Waals surface area contributed by atoms with Crippen molar-refractivity contribution >= 4 is 17.0 Å². The second kappa shape index (κ2) is 6.00. The number of nitrogens with zero attached hydrogens (tertiary/aromatic N) is 1. The normalized spacial score (nSPS) is 21.1. The Morgan fingerprint density at radius 3 is 2.81 bits per heavy atom. The molecule has 1 aromatic heterocycles. The first kappa shape index (κ1) is 14.3. The first-order valence-electron chi connectivity index (χ1n) is 7.07. The van der Waals surface area contributed by atoms with Gasteiger partial charge < -0.3 is 9.57 Å². The third-order valence-corrected chi connectivity index (χ3v) is 4.63. The molecule has 2 aromatic rings. The fourth-order valence-electron chi connectivity index (χ4n) is 2.41. The van der Waals surface area contributed by atoms with Gasteiger partial charge in [-0.2, -0.15) is 0 Å². The molecule has 0 amide bonds. The van der Waals surface area contributed by atoms with E-state index in [2.05, 4.69) is 42.6 Å². The molecule has 1 atom stereocenters. The summed E-state index contributed by atoms with van der Waals surface area (Å²) in [5.41, 5.74) is 3.11. The molecule has 1 aliphatic rings. The van der Waals surface area contributed by atoms with Crippen LogP contribution in [0.3, 0.4) is 0 Å². The maximum atomic E-state index is 5.81. The SMILES string of the molecule is Cc1ccsc1C1=NOC(C)(COCc2ccccc2)C1. The molecule has 0 fully saturated rings. The highest BCUT2D eigenvalue weighted by molar-refractivity contribution is 7.12. The molecule has 1 aliphatic heterocycles. The molecular weight excluding hydrogens is 282 g/mol. The molecule has 0 N–H and O–H groups in total. The Morgan fingerprint density at radius 1 is 1.29 bits per heavy atom. The van der Waals surface area contributed by atoms with Crippen LogP contribution in [-0.4, -0.2) is 17.9 Å².